The molecule has 2 atom stereocenters. The van der Waals surface area contributed by atoms with E-state index in [1.165, 1.54) is 11.8 Å². The van der Waals surface area contributed by atoms with Crippen molar-refractivity contribution in [2.45, 2.75) is 29.6 Å². The number of para-hydroxylation sites is 1. The highest BCUT2D eigenvalue weighted by atomic mass is 32.2. The minimum absolute atomic E-state index is 0.0609. The Morgan fingerprint density at radius 3 is 2.73 bits per heavy atom. The van der Waals surface area contributed by atoms with Gasteiger partial charge in [0.05, 0.1) is 24.5 Å². The number of esters is 1. The Morgan fingerprint density at radius 2 is 1.97 bits per heavy atom. The highest BCUT2D eigenvalue weighted by Crippen LogP contribution is 2.37. The van der Waals surface area contributed by atoms with Crippen LogP contribution in [-0.2, 0) is 14.3 Å². The van der Waals surface area contributed by atoms with Gasteiger partial charge in [0.1, 0.15) is 5.75 Å². The Kier molecular flexibility index (Phi) is 5.71. The van der Waals surface area contributed by atoms with Crippen LogP contribution in [0.5, 0.6) is 5.75 Å². The second-order valence-electron chi connectivity index (χ2n) is 6.60. The molecule has 1 aromatic heterocycles. The molecule has 2 heterocycles. The number of hydrogen-bond acceptors (Lipinski definition) is 8. The number of benzene rings is 2. The summed E-state index contributed by atoms with van der Waals surface area (Å²) in [6, 6.07) is 14.6. The van der Waals surface area contributed by atoms with E-state index in [0.29, 0.717) is 11.6 Å². The predicted molar refractivity (Wildman–Crippen MR) is 110 cm³/mol. The number of carbonyl (C=O) groups excluding carboxylic acids is 2. The lowest BCUT2D eigenvalue weighted by molar-refractivity contribution is -0.150. The zero-order valence-corrected chi connectivity index (χ0v) is 17.1. The van der Waals surface area contributed by atoms with Crippen molar-refractivity contribution in [2.24, 2.45) is 0 Å². The highest BCUT2D eigenvalue weighted by Gasteiger charge is 2.30. The SMILES string of the molecule is COc1ccc(-c2nnc([C@@H](C)OC(=O)C[C@H]3Sc4ccccc4NC3=O)o2)cc1. The first kappa shape index (κ1) is 20.0. The van der Waals surface area contributed by atoms with Gasteiger partial charge in [0.25, 0.3) is 5.89 Å². The minimum Gasteiger partial charge on any atom is -0.497 e. The molecule has 1 aliphatic heterocycles. The fourth-order valence-electron chi connectivity index (χ4n) is 2.92. The van der Waals surface area contributed by atoms with Crippen molar-refractivity contribution >= 4 is 29.3 Å². The van der Waals surface area contributed by atoms with Gasteiger partial charge in [-0.2, -0.15) is 0 Å². The number of anilines is 1. The number of thioether (sulfide) groups is 1. The van der Waals surface area contributed by atoms with Crippen molar-refractivity contribution in [3.05, 3.63) is 54.4 Å². The number of hydrogen-bond donors (Lipinski definition) is 1. The summed E-state index contributed by atoms with van der Waals surface area (Å²) in [5.74, 6) is 0.476. The van der Waals surface area contributed by atoms with Gasteiger partial charge in [-0.1, -0.05) is 12.1 Å². The highest BCUT2D eigenvalue weighted by molar-refractivity contribution is 8.01. The summed E-state index contributed by atoms with van der Waals surface area (Å²) >= 11 is 1.35. The number of nitrogens with zero attached hydrogens (tertiary/aromatic N) is 2. The summed E-state index contributed by atoms with van der Waals surface area (Å²) in [7, 11) is 1.59. The number of nitrogens with one attached hydrogen (secondary N) is 1. The molecule has 0 fully saturated rings. The van der Waals surface area contributed by atoms with Gasteiger partial charge in [-0.25, -0.2) is 0 Å². The molecule has 0 saturated carbocycles. The third kappa shape index (κ3) is 4.30. The largest absolute Gasteiger partial charge is 0.497 e. The van der Waals surface area contributed by atoms with Crippen LogP contribution in [0.25, 0.3) is 11.5 Å². The third-order valence-corrected chi connectivity index (χ3v) is 5.77. The maximum Gasteiger partial charge on any atom is 0.308 e. The smallest absolute Gasteiger partial charge is 0.308 e. The van der Waals surface area contributed by atoms with Crippen molar-refractivity contribution in [3.63, 3.8) is 0 Å². The van der Waals surface area contributed by atoms with Crippen molar-refractivity contribution in [3.8, 4) is 17.2 Å². The van der Waals surface area contributed by atoms with E-state index in [1.807, 2.05) is 24.3 Å². The normalized spacial score (nSPS) is 16.3. The first-order chi connectivity index (χ1) is 14.5. The average molecular weight is 425 g/mol. The summed E-state index contributed by atoms with van der Waals surface area (Å²) in [5, 5.41) is 10.2. The number of ether oxygens (including phenoxy) is 2. The summed E-state index contributed by atoms with van der Waals surface area (Å²) in [6.07, 6.45) is -0.796. The minimum atomic E-state index is -0.735. The quantitative estimate of drug-likeness (QED) is 0.594. The van der Waals surface area contributed by atoms with Gasteiger partial charge in [0.2, 0.25) is 11.8 Å². The first-order valence-electron chi connectivity index (χ1n) is 9.27. The zero-order chi connectivity index (χ0) is 21.1. The first-order valence-corrected chi connectivity index (χ1v) is 10.2. The monoisotopic (exact) mass is 425 g/mol. The van der Waals surface area contributed by atoms with Crippen LogP contribution in [0.1, 0.15) is 25.3 Å². The molecule has 2 aromatic carbocycles. The van der Waals surface area contributed by atoms with Gasteiger partial charge in [0, 0.05) is 10.5 Å². The molecule has 8 nitrogen and oxygen atoms in total. The molecule has 1 aliphatic rings. The molecule has 3 aromatic rings. The van der Waals surface area contributed by atoms with Crippen LogP contribution < -0.4 is 10.1 Å². The van der Waals surface area contributed by atoms with Crippen LogP contribution in [-0.4, -0.2) is 34.4 Å². The van der Waals surface area contributed by atoms with Crippen molar-refractivity contribution in [1.82, 2.24) is 10.2 Å². The van der Waals surface area contributed by atoms with E-state index in [0.717, 1.165) is 16.1 Å². The van der Waals surface area contributed by atoms with E-state index in [2.05, 4.69) is 15.5 Å². The van der Waals surface area contributed by atoms with Gasteiger partial charge in [0.15, 0.2) is 6.10 Å². The lowest BCUT2D eigenvalue weighted by atomic mass is 10.2. The van der Waals surface area contributed by atoms with Crippen LogP contribution >= 0.6 is 11.8 Å². The topological polar surface area (TPSA) is 104 Å². The van der Waals surface area contributed by atoms with E-state index < -0.39 is 17.3 Å². The third-order valence-electron chi connectivity index (χ3n) is 4.49. The Balaban J connectivity index is 1.37. The van der Waals surface area contributed by atoms with E-state index in [4.69, 9.17) is 13.9 Å². The average Bonchev–Trinajstić information content (AvgIpc) is 3.25. The van der Waals surface area contributed by atoms with Crippen molar-refractivity contribution < 1.29 is 23.5 Å². The molecule has 4 rings (SSSR count). The van der Waals surface area contributed by atoms with Crippen LogP contribution in [0, 0.1) is 0 Å². The van der Waals surface area contributed by atoms with E-state index in [-0.39, 0.29) is 18.2 Å². The van der Waals surface area contributed by atoms with E-state index >= 15 is 0 Å². The summed E-state index contributed by atoms with van der Waals surface area (Å²) < 4.78 is 16.2. The van der Waals surface area contributed by atoms with Crippen molar-refractivity contribution in [2.75, 3.05) is 12.4 Å². The fraction of sp³-hybridized carbons (Fsp3) is 0.238. The van der Waals surface area contributed by atoms with Gasteiger partial charge >= 0.3 is 5.97 Å². The molecule has 0 saturated heterocycles. The number of fused-ring (bicyclic) bond motifs is 1. The zero-order valence-electron chi connectivity index (χ0n) is 16.3. The molecule has 9 heteroatoms. The Morgan fingerprint density at radius 1 is 1.20 bits per heavy atom. The van der Waals surface area contributed by atoms with Crippen LogP contribution in [0.15, 0.2) is 57.8 Å². The maximum absolute atomic E-state index is 12.4. The Bertz CT molecular complexity index is 1070. The van der Waals surface area contributed by atoms with Crippen LogP contribution in [0.3, 0.4) is 0 Å². The number of carbonyl (C=O) groups is 2. The molecule has 1 amide bonds. The van der Waals surface area contributed by atoms with Crippen LogP contribution in [0.4, 0.5) is 5.69 Å². The lowest BCUT2D eigenvalue weighted by Gasteiger charge is -2.23. The van der Waals surface area contributed by atoms with Gasteiger partial charge in [-0.05, 0) is 43.3 Å². The summed E-state index contributed by atoms with van der Waals surface area (Å²) in [4.78, 5) is 25.6. The molecule has 0 unspecified atom stereocenters. The van der Waals surface area contributed by atoms with Crippen LogP contribution in [0.2, 0.25) is 0 Å². The molecule has 0 aliphatic carbocycles. The molecular weight excluding hydrogens is 406 g/mol. The molecule has 154 valence electrons. The van der Waals surface area contributed by atoms with E-state index in [1.54, 1.807) is 38.3 Å². The van der Waals surface area contributed by atoms with Gasteiger partial charge in [-0.15, -0.1) is 22.0 Å². The second kappa shape index (κ2) is 8.58. The molecular formula is C21H19N3O5S. The Labute approximate surface area is 177 Å². The fourth-order valence-corrected chi connectivity index (χ4v) is 4.02. The van der Waals surface area contributed by atoms with Gasteiger partial charge < -0.3 is 19.2 Å². The molecule has 1 N–H and O–H groups in total. The number of aromatic nitrogens is 2. The standard InChI is InChI=1S/C21H19N3O5S/c1-12(20-23-24-21(29-20)13-7-9-14(27-2)10-8-13)28-18(25)11-17-19(26)22-15-5-3-4-6-16(15)30-17/h3-10,12,17H,11H2,1-2H3,(H,22,26)/t12-,17-/m1/s1. The number of methoxy groups -OCH3 is 1. The maximum atomic E-state index is 12.4. The summed E-state index contributed by atoms with van der Waals surface area (Å²) in [6.45, 7) is 1.65. The summed E-state index contributed by atoms with van der Waals surface area (Å²) in [5.41, 5.74) is 1.48. The van der Waals surface area contributed by atoms with Gasteiger partial charge in [-0.3, -0.25) is 9.59 Å². The molecule has 0 radical (unpaired) electrons. The van der Waals surface area contributed by atoms with E-state index in [9.17, 15) is 9.59 Å². The molecule has 0 bridgehead atoms. The number of amides is 1. The lowest BCUT2D eigenvalue weighted by Crippen LogP contribution is -2.31. The molecule has 30 heavy (non-hydrogen) atoms. The van der Waals surface area contributed by atoms with Crippen molar-refractivity contribution in [1.29, 1.82) is 0 Å². The second-order valence-corrected chi connectivity index (χ2v) is 7.85. The Hall–Kier alpha value is -3.33. The predicted octanol–water partition coefficient (Wildman–Crippen LogP) is 3.85. The number of rotatable bonds is 6. The molecule has 0 spiro atoms.